The lowest BCUT2D eigenvalue weighted by Gasteiger charge is -2.53. The number of likely N-dealkylation sites (tertiary alicyclic amines) is 1. The van der Waals surface area contributed by atoms with Gasteiger partial charge in [0.25, 0.3) is 0 Å². The minimum atomic E-state index is -0.999. The molecule has 0 bridgehead atoms. The first-order valence-corrected chi connectivity index (χ1v) is 9.85. The van der Waals surface area contributed by atoms with E-state index in [1.165, 1.54) is 4.90 Å². The number of rotatable bonds is 5. The van der Waals surface area contributed by atoms with E-state index in [-0.39, 0.29) is 41.2 Å². The number of hydrogen-bond donors (Lipinski definition) is 2. The summed E-state index contributed by atoms with van der Waals surface area (Å²) in [5.74, 6) is 0.564. The maximum Gasteiger partial charge on any atom is 0.407 e. The average Bonchev–Trinajstić information content (AvgIpc) is 2.59. The van der Waals surface area contributed by atoms with Gasteiger partial charge in [-0.05, 0) is 45.6 Å². The summed E-state index contributed by atoms with van der Waals surface area (Å²) in [6.07, 6.45) is -0.999. The molecule has 1 amide bonds. The number of ether oxygens (including phenoxy) is 1. The molecule has 0 aromatic heterocycles. The predicted octanol–water partition coefficient (Wildman–Crippen LogP) is 5.34. The highest BCUT2D eigenvalue weighted by atomic mass is 79.9. The molecule has 1 fully saturated rings. The zero-order valence-electron chi connectivity index (χ0n) is 16.3. The highest BCUT2D eigenvalue weighted by Gasteiger charge is 2.49. The van der Waals surface area contributed by atoms with Crippen LogP contribution in [0, 0.1) is 15.5 Å². The monoisotopic (exact) mass is 463 g/mol. The molecule has 1 aliphatic rings. The van der Waals surface area contributed by atoms with E-state index in [9.17, 15) is 20.0 Å². The summed E-state index contributed by atoms with van der Waals surface area (Å²) >= 11 is 3.33. The smallest absolute Gasteiger partial charge is 0.407 e. The molecule has 154 valence electrons. The molecule has 0 radical (unpaired) electrons. The number of nitro benzene ring substituents is 1. The Bertz CT molecular complexity index is 930. The summed E-state index contributed by atoms with van der Waals surface area (Å²) in [4.78, 5) is 24.2. The van der Waals surface area contributed by atoms with Crippen LogP contribution in [0.5, 0.6) is 11.5 Å². The normalized spacial score (nSPS) is 18.7. The number of hydrogen-bond acceptors (Lipinski definition) is 5. The minimum Gasteiger partial charge on any atom is -0.465 e. The largest absolute Gasteiger partial charge is 0.465 e. The zero-order chi connectivity index (χ0) is 21.3. The number of nitrogens with one attached hydrogen (secondary N) is 1. The maximum atomic E-state index is 11.9. The molecule has 2 atom stereocenters. The van der Waals surface area contributed by atoms with E-state index in [2.05, 4.69) is 21.2 Å². The predicted molar refractivity (Wildman–Crippen MR) is 113 cm³/mol. The van der Waals surface area contributed by atoms with Crippen molar-refractivity contribution in [1.29, 1.82) is 0 Å². The summed E-state index contributed by atoms with van der Waals surface area (Å²) in [5, 5.41) is 24.5. The Balaban J connectivity index is 1.95. The van der Waals surface area contributed by atoms with Gasteiger partial charge in [-0.3, -0.25) is 10.1 Å². The number of carboxylic acid groups (broad SMARTS) is 1. The highest BCUT2D eigenvalue weighted by Crippen LogP contribution is 2.45. The molecule has 2 aromatic rings. The number of nitrogens with zero attached hydrogens (tertiary/aromatic N) is 2. The van der Waals surface area contributed by atoms with Crippen molar-refractivity contribution < 1.29 is 19.6 Å². The maximum absolute atomic E-state index is 11.9. The van der Waals surface area contributed by atoms with Crippen LogP contribution in [0.3, 0.4) is 0 Å². The summed E-state index contributed by atoms with van der Waals surface area (Å²) in [6.45, 7) is 6.09. The number of amides is 1. The summed E-state index contributed by atoms with van der Waals surface area (Å²) in [5.41, 5.74) is -0.250. The molecule has 1 aliphatic heterocycles. The quantitative estimate of drug-likeness (QED) is 0.457. The molecule has 3 rings (SSSR count). The molecule has 2 N–H and O–H groups in total. The lowest BCUT2D eigenvalue weighted by atomic mass is 9.76. The van der Waals surface area contributed by atoms with Crippen molar-refractivity contribution in [2.45, 2.75) is 32.9 Å². The van der Waals surface area contributed by atoms with Crippen molar-refractivity contribution in [1.82, 2.24) is 4.90 Å². The fraction of sp³-hybridized carbons (Fsp3) is 0.350. The van der Waals surface area contributed by atoms with Gasteiger partial charge in [0, 0.05) is 6.54 Å². The summed E-state index contributed by atoms with van der Waals surface area (Å²) in [6, 6.07) is 11.5. The minimum absolute atomic E-state index is 0.0907. The van der Waals surface area contributed by atoms with Crippen LogP contribution in [0.1, 0.15) is 20.8 Å². The number of nitro groups is 1. The number of anilines is 1. The van der Waals surface area contributed by atoms with E-state index in [1.54, 1.807) is 36.4 Å². The van der Waals surface area contributed by atoms with E-state index >= 15 is 0 Å². The average molecular weight is 464 g/mol. The van der Waals surface area contributed by atoms with E-state index in [0.717, 1.165) is 0 Å². The first-order chi connectivity index (χ1) is 13.6. The molecule has 0 aliphatic carbocycles. The molecule has 0 saturated carbocycles. The van der Waals surface area contributed by atoms with Gasteiger partial charge in [-0.2, -0.15) is 0 Å². The second kappa shape index (κ2) is 7.90. The molecule has 2 aromatic carbocycles. The molecule has 1 saturated heterocycles. The Kier molecular flexibility index (Phi) is 5.70. The van der Waals surface area contributed by atoms with Gasteiger partial charge in [-0.1, -0.05) is 39.0 Å². The molecule has 8 nitrogen and oxygen atoms in total. The van der Waals surface area contributed by atoms with Gasteiger partial charge < -0.3 is 20.1 Å². The molecular weight excluding hydrogens is 442 g/mol. The van der Waals surface area contributed by atoms with Crippen molar-refractivity contribution >= 4 is 33.4 Å². The van der Waals surface area contributed by atoms with E-state index in [1.807, 2.05) is 26.8 Å². The van der Waals surface area contributed by atoms with E-state index in [0.29, 0.717) is 10.2 Å². The lowest BCUT2D eigenvalue weighted by Crippen LogP contribution is -2.69. The fourth-order valence-corrected chi connectivity index (χ4v) is 4.05. The van der Waals surface area contributed by atoms with Crippen molar-refractivity contribution in [3.63, 3.8) is 0 Å². The van der Waals surface area contributed by atoms with Crippen LogP contribution in [0.15, 0.2) is 46.9 Å². The van der Waals surface area contributed by atoms with E-state index in [4.69, 9.17) is 4.74 Å². The zero-order valence-corrected chi connectivity index (χ0v) is 17.8. The van der Waals surface area contributed by atoms with Crippen LogP contribution in [0.4, 0.5) is 16.2 Å². The van der Waals surface area contributed by atoms with E-state index < -0.39 is 11.0 Å². The Morgan fingerprint density at radius 2 is 1.93 bits per heavy atom. The molecule has 1 heterocycles. The number of benzene rings is 2. The fourth-order valence-electron chi connectivity index (χ4n) is 3.64. The van der Waals surface area contributed by atoms with Crippen LogP contribution in [0.2, 0.25) is 0 Å². The second-order valence-electron chi connectivity index (χ2n) is 7.94. The molecule has 0 spiro atoms. The molecule has 29 heavy (non-hydrogen) atoms. The first-order valence-electron chi connectivity index (χ1n) is 9.05. The second-order valence-corrected chi connectivity index (χ2v) is 8.80. The number of para-hydroxylation sites is 1. The van der Waals surface area contributed by atoms with Gasteiger partial charge in [0.1, 0.15) is 11.4 Å². The SMILES string of the molecule is CC(C)(C)C1C(Nc2ccc(Br)c(Oc3ccccc3)c2[N+](=O)[O-])CN1C(=O)O. The Morgan fingerprint density at radius 3 is 2.48 bits per heavy atom. The van der Waals surface area contributed by atoms with Crippen LogP contribution < -0.4 is 10.1 Å². The van der Waals surface area contributed by atoms with Crippen LogP contribution in [-0.4, -0.2) is 39.7 Å². The van der Waals surface area contributed by atoms with Gasteiger partial charge in [-0.25, -0.2) is 4.79 Å². The van der Waals surface area contributed by atoms with Crippen molar-refractivity contribution in [2.75, 3.05) is 11.9 Å². The van der Waals surface area contributed by atoms with Crippen LogP contribution in [0.25, 0.3) is 0 Å². The third kappa shape index (κ3) is 4.29. The van der Waals surface area contributed by atoms with Gasteiger partial charge in [0.05, 0.1) is 21.5 Å². The van der Waals surface area contributed by atoms with Gasteiger partial charge in [0.2, 0.25) is 5.75 Å². The summed E-state index contributed by atoms with van der Waals surface area (Å²) < 4.78 is 6.25. The van der Waals surface area contributed by atoms with Crippen LogP contribution >= 0.6 is 15.9 Å². The van der Waals surface area contributed by atoms with Crippen LogP contribution in [-0.2, 0) is 0 Å². The molecule has 2 unspecified atom stereocenters. The third-order valence-corrected chi connectivity index (χ3v) is 5.44. The van der Waals surface area contributed by atoms with Gasteiger partial charge in [0.15, 0.2) is 0 Å². The van der Waals surface area contributed by atoms with Crippen molar-refractivity contribution in [3.8, 4) is 11.5 Å². The Hall–Kier alpha value is -2.81. The third-order valence-electron chi connectivity index (χ3n) is 4.81. The van der Waals surface area contributed by atoms with Crippen molar-refractivity contribution in [2.24, 2.45) is 5.41 Å². The first kappa shape index (κ1) is 20.9. The van der Waals surface area contributed by atoms with Gasteiger partial charge >= 0.3 is 11.8 Å². The topological polar surface area (TPSA) is 105 Å². The highest BCUT2D eigenvalue weighted by molar-refractivity contribution is 9.10. The number of halogens is 1. The molecule has 9 heteroatoms. The van der Waals surface area contributed by atoms with Gasteiger partial charge in [-0.15, -0.1) is 0 Å². The molecular formula is C20H22BrN3O5. The van der Waals surface area contributed by atoms with Crippen molar-refractivity contribution in [3.05, 3.63) is 57.1 Å². The Morgan fingerprint density at radius 1 is 1.28 bits per heavy atom. The standard InChI is InChI=1S/C20H22BrN3O5/c1-20(2,3)18-15(11-23(18)19(25)26)22-14-10-9-13(21)17(16(14)24(27)28)29-12-7-5-4-6-8-12/h4-10,15,18,22H,11H2,1-3H3,(H,25,26). The summed E-state index contributed by atoms with van der Waals surface area (Å²) in [7, 11) is 0. The Labute approximate surface area is 176 Å². The lowest BCUT2D eigenvalue weighted by molar-refractivity contribution is -0.384. The number of carbonyl (C=O) groups is 1.